The van der Waals surface area contributed by atoms with Gasteiger partial charge >= 0.3 is 12.0 Å². The summed E-state index contributed by atoms with van der Waals surface area (Å²) in [4.78, 5) is 36.9. The monoisotopic (exact) mass is 379 g/mol. The van der Waals surface area contributed by atoms with Gasteiger partial charge in [0.05, 0.1) is 5.52 Å². The Kier molecular flexibility index (Phi) is 5.17. The maximum absolute atomic E-state index is 13.0. The Morgan fingerprint density at radius 2 is 1.82 bits per heavy atom. The second kappa shape index (κ2) is 7.56. The van der Waals surface area contributed by atoms with Crippen molar-refractivity contribution in [1.29, 1.82) is 0 Å². The number of carbonyl (C=O) groups excluding carboxylic acids is 1. The van der Waals surface area contributed by atoms with E-state index in [9.17, 15) is 19.5 Å². The molecule has 0 fully saturated rings. The average Bonchev–Trinajstić information content (AvgIpc) is 2.67. The highest BCUT2D eigenvalue weighted by Crippen LogP contribution is 2.28. The van der Waals surface area contributed by atoms with E-state index >= 15 is 0 Å². The molecule has 0 spiro atoms. The topological polar surface area (TPSA) is 100 Å². The smallest absolute Gasteiger partial charge is 0.341 e. The molecule has 0 atom stereocenters. The number of benzene rings is 2. The number of amides is 1. The largest absolute Gasteiger partial charge is 0.477 e. The molecule has 0 aliphatic rings. The molecule has 0 aliphatic heterocycles. The van der Waals surface area contributed by atoms with E-state index in [4.69, 9.17) is 0 Å². The summed E-state index contributed by atoms with van der Waals surface area (Å²) in [5, 5.41) is 15.4. The Labute approximate surface area is 161 Å². The number of carboxylic acid groups (broad SMARTS) is 1. The number of hydrogen-bond acceptors (Lipinski definition) is 4. The van der Waals surface area contributed by atoms with E-state index in [0.717, 1.165) is 22.0 Å². The first-order valence-corrected chi connectivity index (χ1v) is 8.84. The molecule has 0 bridgehead atoms. The Morgan fingerprint density at radius 3 is 2.46 bits per heavy atom. The van der Waals surface area contributed by atoms with Crippen LogP contribution in [0.1, 0.15) is 35.7 Å². The normalized spacial score (nSPS) is 10.9. The van der Waals surface area contributed by atoms with Gasteiger partial charge in [0.2, 0.25) is 5.43 Å². The molecule has 1 aromatic heterocycles. The van der Waals surface area contributed by atoms with Gasteiger partial charge in [0.15, 0.2) is 0 Å². The molecule has 3 rings (SSSR count). The summed E-state index contributed by atoms with van der Waals surface area (Å²) in [6.45, 7) is 4.03. The van der Waals surface area contributed by atoms with Crippen molar-refractivity contribution in [1.82, 2.24) is 4.57 Å². The van der Waals surface area contributed by atoms with Crippen molar-refractivity contribution in [3.05, 3.63) is 70.0 Å². The third-order valence-electron chi connectivity index (χ3n) is 4.57. The second-order valence-electron chi connectivity index (χ2n) is 6.70. The minimum atomic E-state index is -1.38. The Bertz CT molecular complexity index is 1130. The third kappa shape index (κ3) is 3.46. The van der Waals surface area contributed by atoms with Crippen molar-refractivity contribution in [2.75, 3.05) is 17.7 Å². The fourth-order valence-electron chi connectivity index (χ4n) is 3.10. The molecule has 1 amide bonds. The summed E-state index contributed by atoms with van der Waals surface area (Å²) >= 11 is 0. The maximum Gasteiger partial charge on any atom is 0.341 e. The molecule has 0 saturated carbocycles. The van der Waals surface area contributed by atoms with Crippen LogP contribution in [0, 0.1) is 0 Å². The maximum atomic E-state index is 13.0. The minimum absolute atomic E-state index is 0.168. The molecule has 0 radical (unpaired) electrons. The van der Waals surface area contributed by atoms with Gasteiger partial charge in [-0.3, -0.25) is 9.36 Å². The molecular weight excluding hydrogens is 358 g/mol. The van der Waals surface area contributed by atoms with Gasteiger partial charge in [0.1, 0.15) is 5.56 Å². The number of anilines is 2. The van der Waals surface area contributed by atoms with E-state index < -0.39 is 23.0 Å². The molecule has 3 aromatic rings. The molecule has 144 valence electrons. The van der Waals surface area contributed by atoms with Crippen molar-refractivity contribution < 1.29 is 14.7 Å². The minimum Gasteiger partial charge on any atom is -0.477 e. The second-order valence-corrected chi connectivity index (χ2v) is 6.70. The van der Waals surface area contributed by atoms with Crippen LogP contribution in [0.25, 0.3) is 10.9 Å². The first-order valence-electron chi connectivity index (χ1n) is 8.84. The summed E-state index contributed by atoms with van der Waals surface area (Å²) in [6.07, 6.45) is 1.07. The number of aromatic nitrogens is 1. The van der Waals surface area contributed by atoms with Gasteiger partial charge in [-0.1, -0.05) is 32.0 Å². The van der Waals surface area contributed by atoms with E-state index in [-0.39, 0.29) is 11.3 Å². The zero-order valence-corrected chi connectivity index (χ0v) is 15.8. The number of nitrogens with zero attached hydrogens (tertiary/aromatic N) is 1. The molecule has 1 heterocycles. The Hall–Kier alpha value is -3.61. The van der Waals surface area contributed by atoms with Crippen molar-refractivity contribution in [3.63, 3.8) is 0 Å². The van der Waals surface area contributed by atoms with Crippen molar-refractivity contribution in [3.8, 4) is 0 Å². The lowest BCUT2D eigenvalue weighted by Crippen LogP contribution is -2.26. The predicted octanol–water partition coefficient (Wildman–Crippen LogP) is 3.95. The molecule has 0 aliphatic carbocycles. The standard InChI is InChI=1S/C21H21N3O4/c1-12(2)14-9-8-13(22-3)10-17(14)23-21(28)24-11-16(20(26)27)19(25)15-6-4-5-7-18(15)24/h4-12,22H,1-3H3,(H,23,28)(H,26,27). The van der Waals surface area contributed by atoms with Gasteiger partial charge in [0, 0.05) is 30.0 Å². The van der Waals surface area contributed by atoms with Crippen LogP contribution in [0.5, 0.6) is 0 Å². The molecule has 7 nitrogen and oxygen atoms in total. The highest BCUT2D eigenvalue weighted by molar-refractivity contribution is 6.01. The summed E-state index contributed by atoms with van der Waals surface area (Å²) in [5.41, 5.74) is 1.65. The van der Waals surface area contributed by atoms with Gasteiger partial charge < -0.3 is 15.7 Å². The molecular formula is C21H21N3O4. The lowest BCUT2D eigenvalue weighted by molar-refractivity contribution is 0.0695. The number of aromatic carboxylic acids is 1. The lowest BCUT2D eigenvalue weighted by Gasteiger charge is -2.17. The number of pyridine rings is 1. The highest BCUT2D eigenvalue weighted by atomic mass is 16.4. The summed E-state index contributed by atoms with van der Waals surface area (Å²) in [5.74, 6) is -1.21. The number of para-hydroxylation sites is 1. The summed E-state index contributed by atoms with van der Waals surface area (Å²) in [6, 6.07) is 11.5. The van der Waals surface area contributed by atoms with Gasteiger partial charge in [-0.15, -0.1) is 0 Å². The van der Waals surface area contributed by atoms with Crippen molar-refractivity contribution >= 4 is 34.3 Å². The molecule has 3 N–H and O–H groups in total. The van der Waals surface area contributed by atoms with Gasteiger partial charge in [-0.25, -0.2) is 9.59 Å². The van der Waals surface area contributed by atoms with Crippen LogP contribution in [0.4, 0.5) is 16.2 Å². The molecule has 28 heavy (non-hydrogen) atoms. The zero-order valence-electron chi connectivity index (χ0n) is 15.8. The Balaban J connectivity index is 2.14. The van der Waals surface area contributed by atoms with Crippen LogP contribution in [0.15, 0.2) is 53.5 Å². The van der Waals surface area contributed by atoms with E-state index in [1.807, 2.05) is 32.0 Å². The number of nitrogens with one attached hydrogen (secondary N) is 2. The first-order chi connectivity index (χ1) is 13.3. The number of hydrogen-bond donors (Lipinski definition) is 3. The van der Waals surface area contributed by atoms with E-state index in [1.165, 1.54) is 6.07 Å². The van der Waals surface area contributed by atoms with Gasteiger partial charge in [-0.2, -0.15) is 0 Å². The predicted molar refractivity (Wildman–Crippen MR) is 110 cm³/mol. The van der Waals surface area contributed by atoms with Crippen LogP contribution >= 0.6 is 0 Å². The molecule has 2 aromatic carbocycles. The van der Waals surface area contributed by atoms with Crippen molar-refractivity contribution in [2.24, 2.45) is 0 Å². The summed E-state index contributed by atoms with van der Waals surface area (Å²) < 4.78 is 1.16. The van der Waals surface area contributed by atoms with Crippen LogP contribution in [-0.4, -0.2) is 28.7 Å². The van der Waals surface area contributed by atoms with E-state index in [2.05, 4.69) is 10.6 Å². The van der Waals surface area contributed by atoms with Crippen LogP contribution in [0.2, 0.25) is 0 Å². The van der Waals surface area contributed by atoms with Gasteiger partial charge in [0.25, 0.3) is 0 Å². The SMILES string of the molecule is CNc1ccc(C(C)C)c(NC(=O)n2cc(C(=O)O)c(=O)c3ccccc32)c1. The quantitative estimate of drug-likeness (QED) is 0.637. The van der Waals surface area contributed by atoms with Crippen molar-refractivity contribution in [2.45, 2.75) is 19.8 Å². The third-order valence-corrected chi connectivity index (χ3v) is 4.57. The molecule has 0 saturated heterocycles. The fourth-order valence-corrected chi connectivity index (χ4v) is 3.10. The molecule has 7 heteroatoms. The van der Waals surface area contributed by atoms with E-state index in [0.29, 0.717) is 11.2 Å². The van der Waals surface area contributed by atoms with Crippen LogP contribution in [-0.2, 0) is 0 Å². The highest BCUT2D eigenvalue weighted by Gasteiger charge is 2.18. The summed E-state index contributed by atoms with van der Waals surface area (Å²) in [7, 11) is 1.78. The Morgan fingerprint density at radius 1 is 1.11 bits per heavy atom. The van der Waals surface area contributed by atoms with Crippen LogP contribution < -0.4 is 16.1 Å². The first kappa shape index (κ1) is 19.2. The van der Waals surface area contributed by atoms with E-state index in [1.54, 1.807) is 25.2 Å². The number of fused-ring (bicyclic) bond motifs is 1. The number of carbonyl (C=O) groups is 2. The van der Waals surface area contributed by atoms with Gasteiger partial charge in [-0.05, 0) is 35.7 Å². The molecule has 0 unspecified atom stereocenters. The number of carboxylic acids is 1. The zero-order chi connectivity index (χ0) is 20.4. The number of rotatable bonds is 4. The fraction of sp³-hybridized carbons (Fsp3) is 0.190. The average molecular weight is 379 g/mol. The lowest BCUT2D eigenvalue weighted by atomic mass is 10.0. The van der Waals surface area contributed by atoms with Crippen LogP contribution in [0.3, 0.4) is 0 Å².